The predicted octanol–water partition coefficient (Wildman–Crippen LogP) is 3.31. The fourth-order valence-corrected chi connectivity index (χ4v) is 3.69. The fraction of sp³-hybridized carbons (Fsp3) is 0.348. The van der Waals surface area contributed by atoms with E-state index in [9.17, 15) is 41.4 Å². The minimum absolute atomic E-state index is 0.00804. The number of halogens is 5. The van der Waals surface area contributed by atoms with Gasteiger partial charge in [-0.1, -0.05) is 55.8 Å². The second-order valence-corrected chi connectivity index (χ2v) is 8.02. The Kier molecular flexibility index (Phi) is 7.16. The molecular weight excluding hydrogens is 477 g/mol. The first-order valence-electron chi connectivity index (χ1n) is 10.6. The molecule has 0 aliphatic carbocycles. The second kappa shape index (κ2) is 9.61. The van der Waals surface area contributed by atoms with Gasteiger partial charge in [0.1, 0.15) is 6.04 Å². The van der Waals surface area contributed by atoms with E-state index in [1.807, 2.05) is 0 Å². The summed E-state index contributed by atoms with van der Waals surface area (Å²) in [5.74, 6) is -9.16. The number of rotatable bonds is 7. The Morgan fingerprint density at radius 2 is 1.57 bits per heavy atom. The van der Waals surface area contributed by atoms with Gasteiger partial charge in [-0.25, -0.2) is 0 Å². The first-order valence-corrected chi connectivity index (χ1v) is 10.6. The third kappa shape index (κ3) is 5.11. The first-order chi connectivity index (χ1) is 16.3. The number of nitrogens with one attached hydrogen (secondary N) is 3. The Bertz CT molecular complexity index is 1140. The van der Waals surface area contributed by atoms with Crippen LogP contribution in [0.25, 0.3) is 11.1 Å². The number of aliphatic hydroxyl groups is 1. The molecule has 1 heterocycles. The number of fused-ring (bicyclic) bond motifs is 3. The lowest BCUT2D eigenvalue weighted by Crippen LogP contribution is -2.60. The van der Waals surface area contributed by atoms with Gasteiger partial charge in [0.05, 0.1) is 6.54 Å². The van der Waals surface area contributed by atoms with E-state index in [0.717, 1.165) is 0 Å². The van der Waals surface area contributed by atoms with Gasteiger partial charge in [-0.2, -0.15) is 22.0 Å². The van der Waals surface area contributed by atoms with Crippen molar-refractivity contribution in [1.29, 1.82) is 0 Å². The maximum Gasteiger partial charge on any atom is 0.455 e. The van der Waals surface area contributed by atoms with Crippen molar-refractivity contribution in [2.24, 2.45) is 0 Å². The van der Waals surface area contributed by atoms with Crippen LogP contribution in [-0.2, 0) is 14.4 Å². The summed E-state index contributed by atoms with van der Waals surface area (Å²) >= 11 is 0. The Hall–Kier alpha value is -3.54. The number of para-hydroxylation sites is 1. The number of alkyl halides is 5. The van der Waals surface area contributed by atoms with Gasteiger partial charge in [0, 0.05) is 11.3 Å². The number of amides is 3. The molecule has 7 nitrogen and oxygen atoms in total. The fourth-order valence-electron chi connectivity index (χ4n) is 3.69. The normalized spacial score (nSPS) is 17.2. The van der Waals surface area contributed by atoms with Gasteiger partial charge in [0.2, 0.25) is 5.60 Å². The number of anilines is 1. The highest BCUT2D eigenvalue weighted by molar-refractivity contribution is 6.11. The third-order valence-electron chi connectivity index (χ3n) is 5.53. The van der Waals surface area contributed by atoms with E-state index in [1.54, 1.807) is 48.5 Å². The summed E-state index contributed by atoms with van der Waals surface area (Å²) in [7, 11) is 0. The molecule has 2 atom stereocenters. The molecule has 0 fully saturated rings. The van der Waals surface area contributed by atoms with Crippen molar-refractivity contribution < 1.29 is 41.4 Å². The minimum atomic E-state index is -5.94. The van der Waals surface area contributed by atoms with Gasteiger partial charge < -0.3 is 21.1 Å². The van der Waals surface area contributed by atoms with Crippen LogP contribution in [0.4, 0.5) is 27.6 Å². The van der Waals surface area contributed by atoms with Crippen LogP contribution in [0, 0.1) is 0 Å². The summed E-state index contributed by atoms with van der Waals surface area (Å²) in [5.41, 5.74) is -1.03. The van der Waals surface area contributed by atoms with Crippen LogP contribution in [0.15, 0.2) is 48.5 Å². The zero-order valence-electron chi connectivity index (χ0n) is 18.4. The van der Waals surface area contributed by atoms with Crippen molar-refractivity contribution in [3.63, 3.8) is 0 Å². The molecule has 0 saturated carbocycles. The molecule has 35 heavy (non-hydrogen) atoms. The number of carbonyl (C=O) groups is 3. The number of carbonyl (C=O) groups excluding carboxylic acids is 3. The summed E-state index contributed by atoms with van der Waals surface area (Å²) in [6.45, 7) is -0.711. The molecule has 3 amide bonds. The van der Waals surface area contributed by atoms with E-state index in [0.29, 0.717) is 22.4 Å². The molecule has 188 valence electrons. The molecule has 0 aromatic heterocycles. The maximum absolute atomic E-state index is 13.3. The lowest BCUT2D eigenvalue weighted by atomic mass is 9.92. The van der Waals surface area contributed by atoms with Crippen LogP contribution in [0.2, 0.25) is 0 Å². The van der Waals surface area contributed by atoms with Gasteiger partial charge in [0.15, 0.2) is 0 Å². The maximum atomic E-state index is 13.3. The second-order valence-electron chi connectivity index (χ2n) is 8.02. The Labute approximate surface area is 196 Å². The zero-order chi connectivity index (χ0) is 26.0. The third-order valence-corrected chi connectivity index (χ3v) is 5.53. The van der Waals surface area contributed by atoms with Gasteiger partial charge in [0.25, 0.3) is 17.7 Å². The molecule has 12 heteroatoms. The van der Waals surface area contributed by atoms with Crippen LogP contribution in [0.1, 0.15) is 31.4 Å². The summed E-state index contributed by atoms with van der Waals surface area (Å²) in [5, 5.41) is 17.0. The van der Waals surface area contributed by atoms with Gasteiger partial charge in [-0.15, -0.1) is 0 Å². The number of hydrogen-bond donors (Lipinski definition) is 4. The van der Waals surface area contributed by atoms with Gasteiger partial charge in [-0.3, -0.25) is 14.4 Å². The van der Waals surface area contributed by atoms with Crippen molar-refractivity contribution in [3.05, 3.63) is 54.1 Å². The largest absolute Gasteiger partial charge is 0.455 e. The smallest absolute Gasteiger partial charge is 0.372 e. The monoisotopic (exact) mass is 499 g/mol. The van der Waals surface area contributed by atoms with Crippen molar-refractivity contribution >= 4 is 23.4 Å². The average molecular weight is 499 g/mol. The molecule has 0 saturated heterocycles. The summed E-state index contributed by atoms with van der Waals surface area (Å²) < 4.78 is 63.8. The molecule has 0 spiro atoms. The van der Waals surface area contributed by atoms with Gasteiger partial charge >= 0.3 is 12.1 Å². The predicted molar refractivity (Wildman–Crippen MR) is 115 cm³/mol. The lowest BCUT2D eigenvalue weighted by molar-refractivity contribution is -0.278. The van der Waals surface area contributed by atoms with Gasteiger partial charge in [-0.05, 0) is 23.6 Å². The average Bonchev–Trinajstić information content (AvgIpc) is 2.91. The van der Waals surface area contributed by atoms with Crippen LogP contribution in [-0.4, -0.2) is 47.1 Å². The molecule has 2 aromatic rings. The number of benzene rings is 2. The molecule has 4 N–H and O–H groups in total. The standard InChI is InChI=1S/C23H22F5N3O4/c1-2-11-21(35,19(33)29-12-22(24,25)23(26,27)28)20(34)31-17-15-9-4-3-7-13(15)14-8-5-6-10-16(14)30-18(17)32/h3-10,17,35H,2,11-12H2,1H3,(H,29,33)(H,30,32)(H,31,34)/t17-,21?/m0/s1. The molecule has 3 rings (SSSR count). The molecule has 2 aromatic carbocycles. The topological polar surface area (TPSA) is 108 Å². The Balaban J connectivity index is 1.89. The molecular formula is C23H22F5N3O4. The van der Waals surface area contributed by atoms with Crippen LogP contribution in [0.5, 0.6) is 0 Å². The number of hydrogen-bond acceptors (Lipinski definition) is 4. The van der Waals surface area contributed by atoms with E-state index in [4.69, 9.17) is 0 Å². The SMILES string of the molecule is CCCC(O)(C(=O)NCC(F)(F)C(F)(F)F)C(=O)N[C@@H]1C(=O)Nc2ccccc2-c2ccccc21. The highest BCUT2D eigenvalue weighted by atomic mass is 19.4. The highest BCUT2D eigenvalue weighted by Gasteiger charge is 2.58. The molecule has 1 unspecified atom stereocenters. The van der Waals surface area contributed by atoms with Crippen molar-refractivity contribution in [3.8, 4) is 11.1 Å². The summed E-state index contributed by atoms with van der Waals surface area (Å²) in [6, 6.07) is 11.9. The quantitative estimate of drug-likeness (QED) is 0.346. The minimum Gasteiger partial charge on any atom is -0.372 e. The lowest BCUT2D eigenvalue weighted by Gasteiger charge is -2.29. The van der Waals surface area contributed by atoms with Crippen molar-refractivity contribution in [2.75, 3.05) is 11.9 Å². The molecule has 0 bridgehead atoms. The van der Waals surface area contributed by atoms with E-state index in [2.05, 4.69) is 10.6 Å². The summed E-state index contributed by atoms with van der Waals surface area (Å²) in [6.07, 6.45) is -6.55. The zero-order valence-corrected chi connectivity index (χ0v) is 18.4. The Morgan fingerprint density at radius 3 is 2.20 bits per heavy atom. The highest BCUT2D eigenvalue weighted by Crippen LogP contribution is 2.38. The molecule has 0 radical (unpaired) electrons. The molecule has 1 aliphatic rings. The van der Waals surface area contributed by atoms with E-state index >= 15 is 0 Å². The van der Waals surface area contributed by atoms with E-state index in [1.165, 1.54) is 12.2 Å². The van der Waals surface area contributed by atoms with E-state index < -0.39 is 54.4 Å². The van der Waals surface area contributed by atoms with Crippen molar-refractivity contribution in [2.45, 2.75) is 43.5 Å². The van der Waals surface area contributed by atoms with Crippen molar-refractivity contribution in [1.82, 2.24) is 10.6 Å². The van der Waals surface area contributed by atoms with Crippen LogP contribution >= 0.6 is 0 Å². The summed E-state index contributed by atoms with van der Waals surface area (Å²) in [4.78, 5) is 38.4. The van der Waals surface area contributed by atoms with Crippen LogP contribution < -0.4 is 16.0 Å². The first kappa shape index (κ1) is 26.1. The Morgan fingerprint density at radius 1 is 0.971 bits per heavy atom. The van der Waals surface area contributed by atoms with E-state index in [-0.39, 0.29) is 6.42 Å². The van der Waals surface area contributed by atoms with Crippen LogP contribution in [0.3, 0.4) is 0 Å². The molecule has 1 aliphatic heterocycles.